The molecule has 0 aliphatic heterocycles. The minimum absolute atomic E-state index is 0.178. The van der Waals surface area contributed by atoms with Gasteiger partial charge in [0.25, 0.3) is 5.91 Å². The molecule has 2 rings (SSSR count). The molecule has 21 heavy (non-hydrogen) atoms. The Bertz CT molecular complexity index is 636. The summed E-state index contributed by atoms with van der Waals surface area (Å²) in [7, 11) is 0. The van der Waals surface area contributed by atoms with Crippen molar-refractivity contribution in [2.75, 3.05) is 6.61 Å². The molecule has 0 aliphatic carbocycles. The number of carbonyl (C=O) groups is 1. The number of hydrogen-bond acceptors (Lipinski definition) is 3. The fourth-order valence-corrected chi connectivity index (χ4v) is 2.38. The molecule has 1 aromatic carbocycles. The van der Waals surface area contributed by atoms with Crippen LogP contribution in [0.3, 0.4) is 0 Å². The van der Waals surface area contributed by atoms with Crippen LogP contribution in [-0.2, 0) is 0 Å². The van der Waals surface area contributed by atoms with Crippen molar-refractivity contribution in [3.05, 3.63) is 51.9 Å². The lowest BCUT2D eigenvalue weighted by Gasteiger charge is -2.18. The summed E-state index contributed by atoms with van der Waals surface area (Å²) in [5.74, 6) is 0.813. The van der Waals surface area contributed by atoms with Crippen LogP contribution in [0.2, 0.25) is 0 Å². The molecule has 0 radical (unpaired) electrons. The van der Waals surface area contributed by atoms with Crippen LogP contribution in [0.15, 0.2) is 39.4 Å². The summed E-state index contributed by atoms with van der Waals surface area (Å²) in [6, 6.07) is 9.09. The Morgan fingerprint density at radius 1 is 1.38 bits per heavy atom. The summed E-state index contributed by atoms with van der Waals surface area (Å²) in [6.45, 7) is 6.46. The first-order valence-corrected chi connectivity index (χ1v) is 7.60. The number of amides is 1. The fraction of sp³-hybridized carbons (Fsp3) is 0.312. The largest absolute Gasteiger partial charge is 0.494 e. The van der Waals surface area contributed by atoms with Gasteiger partial charge in [0.05, 0.1) is 12.6 Å². The van der Waals surface area contributed by atoms with Gasteiger partial charge in [0.1, 0.15) is 5.75 Å². The molecule has 5 heteroatoms. The Labute approximate surface area is 132 Å². The Morgan fingerprint density at radius 3 is 2.76 bits per heavy atom. The van der Waals surface area contributed by atoms with Crippen molar-refractivity contribution in [2.45, 2.75) is 26.8 Å². The Morgan fingerprint density at radius 2 is 2.14 bits per heavy atom. The fourth-order valence-electron chi connectivity index (χ4n) is 2.08. The average molecular weight is 352 g/mol. The standard InChI is InChI=1S/C16H18BrNO3/c1-4-20-13-6-5-10(2)9-12(13)11(3)18-16(19)14-7-8-15(17)21-14/h5-9,11H,4H2,1-3H3,(H,18,19). The van der Waals surface area contributed by atoms with Crippen molar-refractivity contribution >= 4 is 21.8 Å². The van der Waals surface area contributed by atoms with Crippen molar-refractivity contribution in [1.29, 1.82) is 0 Å². The van der Waals surface area contributed by atoms with E-state index in [1.54, 1.807) is 12.1 Å². The van der Waals surface area contributed by atoms with Gasteiger partial charge in [-0.25, -0.2) is 0 Å². The molecule has 0 saturated heterocycles. The lowest BCUT2D eigenvalue weighted by atomic mass is 10.0. The van der Waals surface area contributed by atoms with Gasteiger partial charge in [-0.1, -0.05) is 17.7 Å². The maximum absolute atomic E-state index is 12.1. The van der Waals surface area contributed by atoms with E-state index in [-0.39, 0.29) is 17.7 Å². The lowest BCUT2D eigenvalue weighted by molar-refractivity contribution is 0.0910. The molecule has 1 N–H and O–H groups in total. The summed E-state index contributed by atoms with van der Waals surface area (Å²) in [5.41, 5.74) is 2.08. The molecular weight excluding hydrogens is 334 g/mol. The highest BCUT2D eigenvalue weighted by Gasteiger charge is 2.17. The zero-order valence-corrected chi connectivity index (χ0v) is 13.9. The lowest BCUT2D eigenvalue weighted by Crippen LogP contribution is -2.26. The van der Waals surface area contributed by atoms with E-state index in [0.29, 0.717) is 11.3 Å². The third kappa shape index (κ3) is 3.88. The molecule has 1 atom stereocenters. The van der Waals surface area contributed by atoms with Gasteiger partial charge in [0, 0.05) is 5.56 Å². The second-order valence-corrected chi connectivity index (χ2v) is 5.55. The molecule has 1 unspecified atom stereocenters. The molecule has 1 amide bonds. The van der Waals surface area contributed by atoms with Crippen LogP contribution < -0.4 is 10.1 Å². The molecule has 0 saturated carbocycles. The normalized spacial score (nSPS) is 12.0. The molecular formula is C16H18BrNO3. The van der Waals surface area contributed by atoms with E-state index in [4.69, 9.17) is 9.15 Å². The molecule has 2 aromatic rings. The highest BCUT2D eigenvalue weighted by molar-refractivity contribution is 9.10. The molecule has 4 nitrogen and oxygen atoms in total. The van der Waals surface area contributed by atoms with Crippen molar-refractivity contribution in [3.63, 3.8) is 0 Å². The van der Waals surface area contributed by atoms with Crippen LogP contribution in [0.5, 0.6) is 5.75 Å². The minimum Gasteiger partial charge on any atom is -0.494 e. The average Bonchev–Trinajstić information content (AvgIpc) is 2.87. The second kappa shape index (κ2) is 6.80. The number of ether oxygens (including phenoxy) is 1. The molecule has 0 spiro atoms. The number of aryl methyl sites for hydroxylation is 1. The Kier molecular flexibility index (Phi) is 5.07. The first-order chi connectivity index (χ1) is 10.0. The van der Waals surface area contributed by atoms with Gasteiger partial charge >= 0.3 is 0 Å². The van der Waals surface area contributed by atoms with Gasteiger partial charge < -0.3 is 14.5 Å². The smallest absolute Gasteiger partial charge is 0.287 e. The third-order valence-electron chi connectivity index (χ3n) is 3.08. The van der Waals surface area contributed by atoms with Gasteiger partial charge in [-0.3, -0.25) is 4.79 Å². The van der Waals surface area contributed by atoms with E-state index in [9.17, 15) is 4.79 Å². The molecule has 1 aromatic heterocycles. The van der Waals surface area contributed by atoms with E-state index in [0.717, 1.165) is 16.9 Å². The highest BCUT2D eigenvalue weighted by Crippen LogP contribution is 2.27. The number of carbonyl (C=O) groups excluding carboxylic acids is 1. The summed E-state index contributed by atoms with van der Waals surface area (Å²) in [5, 5.41) is 2.92. The molecule has 0 fully saturated rings. The number of benzene rings is 1. The van der Waals surface area contributed by atoms with E-state index < -0.39 is 0 Å². The van der Waals surface area contributed by atoms with Crippen LogP contribution in [-0.4, -0.2) is 12.5 Å². The predicted molar refractivity (Wildman–Crippen MR) is 84.6 cm³/mol. The van der Waals surface area contributed by atoms with Crippen molar-refractivity contribution in [1.82, 2.24) is 5.32 Å². The first kappa shape index (κ1) is 15.6. The molecule has 1 heterocycles. The third-order valence-corrected chi connectivity index (χ3v) is 3.50. The number of furan rings is 1. The summed E-state index contributed by atoms with van der Waals surface area (Å²) in [4.78, 5) is 12.1. The topological polar surface area (TPSA) is 51.5 Å². The maximum atomic E-state index is 12.1. The zero-order valence-electron chi connectivity index (χ0n) is 12.3. The van der Waals surface area contributed by atoms with Crippen molar-refractivity contribution in [3.8, 4) is 5.75 Å². The molecule has 0 aliphatic rings. The Hall–Kier alpha value is -1.75. The molecule has 0 bridgehead atoms. The van der Waals surface area contributed by atoms with Crippen LogP contribution in [0.25, 0.3) is 0 Å². The van der Waals surface area contributed by atoms with E-state index in [1.165, 1.54) is 0 Å². The van der Waals surface area contributed by atoms with E-state index in [1.807, 2.05) is 39.0 Å². The SMILES string of the molecule is CCOc1ccc(C)cc1C(C)NC(=O)c1ccc(Br)o1. The van der Waals surface area contributed by atoms with Gasteiger partial charge in [0.2, 0.25) is 0 Å². The van der Waals surface area contributed by atoms with Gasteiger partial charge in [-0.15, -0.1) is 0 Å². The number of nitrogens with one attached hydrogen (secondary N) is 1. The summed E-state index contributed by atoms with van der Waals surface area (Å²) >= 11 is 3.19. The number of halogens is 1. The number of hydrogen-bond donors (Lipinski definition) is 1. The van der Waals surface area contributed by atoms with Gasteiger partial charge in [-0.2, -0.15) is 0 Å². The van der Waals surface area contributed by atoms with E-state index in [2.05, 4.69) is 21.2 Å². The maximum Gasteiger partial charge on any atom is 0.287 e. The van der Waals surface area contributed by atoms with Gasteiger partial charge in [-0.05, 0) is 54.9 Å². The molecule has 112 valence electrons. The first-order valence-electron chi connectivity index (χ1n) is 6.80. The summed E-state index contributed by atoms with van der Waals surface area (Å²) in [6.07, 6.45) is 0. The predicted octanol–water partition coefficient (Wildman–Crippen LogP) is 4.24. The van der Waals surface area contributed by atoms with Crippen LogP contribution in [0.1, 0.15) is 41.6 Å². The quantitative estimate of drug-likeness (QED) is 0.876. The minimum atomic E-state index is -0.253. The van der Waals surface area contributed by atoms with Crippen LogP contribution >= 0.6 is 15.9 Å². The van der Waals surface area contributed by atoms with Crippen LogP contribution in [0, 0.1) is 6.92 Å². The second-order valence-electron chi connectivity index (χ2n) is 4.77. The van der Waals surface area contributed by atoms with Crippen LogP contribution in [0.4, 0.5) is 0 Å². The highest BCUT2D eigenvalue weighted by atomic mass is 79.9. The number of rotatable bonds is 5. The van der Waals surface area contributed by atoms with Crippen molar-refractivity contribution < 1.29 is 13.9 Å². The summed E-state index contributed by atoms with van der Waals surface area (Å²) < 4.78 is 11.4. The van der Waals surface area contributed by atoms with E-state index >= 15 is 0 Å². The van der Waals surface area contributed by atoms with Crippen molar-refractivity contribution in [2.24, 2.45) is 0 Å². The van der Waals surface area contributed by atoms with Gasteiger partial charge in [0.15, 0.2) is 10.4 Å². The zero-order chi connectivity index (χ0) is 15.4. The monoisotopic (exact) mass is 351 g/mol. The Balaban J connectivity index is 2.17.